The van der Waals surface area contributed by atoms with Gasteiger partial charge in [0.2, 0.25) is 5.95 Å². The Balaban J connectivity index is 1.48. The van der Waals surface area contributed by atoms with E-state index in [0.717, 1.165) is 53.3 Å². The normalized spacial score (nSPS) is 14.5. The van der Waals surface area contributed by atoms with Gasteiger partial charge in [-0.2, -0.15) is 4.98 Å². The van der Waals surface area contributed by atoms with Gasteiger partial charge >= 0.3 is 5.97 Å². The number of aryl methyl sites for hydroxylation is 1. The second-order valence-corrected chi connectivity index (χ2v) is 11.2. The minimum atomic E-state index is -0.387. The number of thiophene rings is 1. The Morgan fingerprint density at radius 2 is 1.90 bits per heavy atom. The van der Waals surface area contributed by atoms with E-state index < -0.39 is 0 Å². The third-order valence-corrected chi connectivity index (χ3v) is 7.90. The average Bonchev–Trinajstić information content (AvgIpc) is 3.39. The summed E-state index contributed by atoms with van der Waals surface area (Å²) in [6.07, 6.45) is 2.32. The van der Waals surface area contributed by atoms with Gasteiger partial charge in [0.15, 0.2) is 5.82 Å². The highest BCUT2D eigenvalue weighted by atomic mass is 32.1. The fourth-order valence-electron chi connectivity index (χ4n) is 5.02. The number of nitrogens with zero attached hydrogens (tertiary/aromatic N) is 3. The van der Waals surface area contributed by atoms with E-state index in [2.05, 4.69) is 41.6 Å². The van der Waals surface area contributed by atoms with E-state index in [-0.39, 0.29) is 12.1 Å². The molecule has 0 spiro atoms. The number of aromatic nitrogens is 2. The molecule has 2 aromatic heterocycles. The lowest BCUT2D eigenvalue weighted by atomic mass is 9.86. The second kappa shape index (κ2) is 11.6. The minimum Gasteiger partial charge on any atom is -0.489 e. The summed E-state index contributed by atoms with van der Waals surface area (Å²) in [5.41, 5.74) is 5.46. The van der Waals surface area contributed by atoms with Crippen LogP contribution in [0, 0.1) is 6.92 Å². The van der Waals surface area contributed by atoms with Gasteiger partial charge in [-0.3, -0.25) is 0 Å². The predicted molar refractivity (Wildman–Crippen MR) is 158 cm³/mol. The summed E-state index contributed by atoms with van der Waals surface area (Å²) in [7, 11) is 3.56. The maximum atomic E-state index is 12.0. The molecule has 8 nitrogen and oxygen atoms in total. The van der Waals surface area contributed by atoms with Crippen molar-refractivity contribution in [3.8, 4) is 5.75 Å². The molecule has 0 saturated carbocycles. The maximum absolute atomic E-state index is 12.0. The van der Waals surface area contributed by atoms with Crippen molar-refractivity contribution in [2.45, 2.75) is 45.6 Å². The van der Waals surface area contributed by atoms with Crippen LogP contribution in [0.15, 0.2) is 47.8 Å². The van der Waals surface area contributed by atoms with E-state index in [0.29, 0.717) is 23.2 Å². The first-order valence-electron chi connectivity index (χ1n) is 13.3. The van der Waals surface area contributed by atoms with Crippen LogP contribution in [0.4, 0.5) is 23.1 Å². The number of fused-ring (bicyclic) bond motifs is 1. The number of carbonyl (C=O) groups excluding carboxylic acids is 1. The van der Waals surface area contributed by atoms with Gasteiger partial charge < -0.3 is 25.0 Å². The van der Waals surface area contributed by atoms with Gasteiger partial charge in [0.05, 0.1) is 34.7 Å². The highest BCUT2D eigenvalue weighted by molar-refractivity contribution is 7.17. The quantitative estimate of drug-likeness (QED) is 0.232. The molecule has 204 valence electrons. The third kappa shape index (κ3) is 6.15. The molecule has 0 amide bonds. The van der Waals surface area contributed by atoms with Crippen molar-refractivity contribution < 1.29 is 14.3 Å². The Labute approximate surface area is 233 Å². The van der Waals surface area contributed by atoms with Crippen LogP contribution in [0.2, 0.25) is 0 Å². The lowest BCUT2D eigenvalue weighted by Gasteiger charge is -2.30. The van der Waals surface area contributed by atoms with Gasteiger partial charge in [0, 0.05) is 5.69 Å². The van der Waals surface area contributed by atoms with Crippen LogP contribution in [0.5, 0.6) is 5.75 Å². The van der Waals surface area contributed by atoms with Crippen molar-refractivity contribution in [1.82, 2.24) is 14.9 Å². The Kier molecular flexibility index (Phi) is 7.99. The van der Waals surface area contributed by atoms with Crippen LogP contribution in [0.1, 0.15) is 54.1 Å². The van der Waals surface area contributed by atoms with Gasteiger partial charge in [-0.1, -0.05) is 6.07 Å². The number of benzene rings is 2. The number of carbonyl (C=O) groups is 1. The Hall–Kier alpha value is -3.69. The minimum absolute atomic E-state index is 0.0261. The molecule has 2 N–H and O–H groups in total. The zero-order valence-electron chi connectivity index (χ0n) is 23.1. The molecule has 0 bridgehead atoms. The zero-order valence-corrected chi connectivity index (χ0v) is 23.9. The van der Waals surface area contributed by atoms with E-state index in [1.165, 1.54) is 18.2 Å². The number of nitrogens with one attached hydrogen (secondary N) is 2. The number of hydrogen-bond acceptors (Lipinski definition) is 9. The summed E-state index contributed by atoms with van der Waals surface area (Å²) in [4.78, 5) is 24.0. The van der Waals surface area contributed by atoms with Crippen molar-refractivity contribution >= 4 is 50.7 Å². The zero-order chi connectivity index (χ0) is 27.5. The van der Waals surface area contributed by atoms with Gasteiger partial charge in [0.1, 0.15) is 5.75 Å². The number of methoxy groups -OCH3 is 1. The predicted octanol–water partition coefficient (Wildman–Crippen LogP) is 6.87. The van der Waals surface area contributed by atoms with Gasteiger partial charge in [-0.15, -0.1) is 11.3 Å². The average molecular weight is 546 g/mol. The fraction of sp³-hybridized carbons (Fsp3) is 0.367. The van der Waals surface area contributed by atoms with Gasteiger partial charge in [-0.25, -0.2) is 9.78 Å². The molecule has 4 aromatic rings. The standard InChI is InChI=1S/C30H35N5O3S/c1-18(2)38-26-17-23(20-9-12-35(4)13-10-20)19(3)15-25(26)33-30-32-24-11-14-39-27(24)28(34-30)31-22-8-6-7-21(16-22)29(36)37-5/h6-8,11,14-18,20H,9-10,12-13H2,1-5H3,(H2,31,32,33,34). The molecule has 1 aliphatic rings. The summed E-state index contributed by atoms with van der Waals surface area (Å²) in [5, 5.41) is 8.80. The van der Waals surface area contributed by atoms with Crippen molar-refractivity contribution in [3.05, 3.63) is 64.5 Å². The molecule has 9 heteroatoms. The van der Waals surface area contributed by atoms with Crippen molar-refractivity contribution in [2.75, 3.05) is 37.9 Å². The first-order valence-corrected chi connectivity index (χ1v) is 14.2. The Morgan fingerprint density at radius 1 is 1.10 bits per heavy atom. The number of hydrogen-bond donors (Lipinski definition) is 2. The first kappa shape index (κ1) is 26.9. The number of esters is 1. The molecule has 0 unspecified atom stereocenters. The summed E-state index contributed by atoms with van der Waals surface area (Å²) in [5.74, 6) is 2.07. The summed E-state index contributed by atoms with van der Waals surface area (Å²) < 4.78 is 12.1. The van der Waals surface area contributed by atoms with Crippen LogP contribution >= 0.6 is 11.3 Å². The van der Waals surface area contributed by atoms with Gasteiger partial charge in [-0.05, 0) is 113 Å². The largest absolute Gasteiger partial charge is 0.489 e. The van der Waals surface area contributed by atoms with E-state index in [1.807, 2.05) is 37.4 Å². The van der Waals surface area contributed by atoms with Crippen LogP contribution in [-0.2, 0) is 4.74 Å². The van der Waals surface area contributed by atoms with E-state index in [4.69, 9.17) is 19.4 Å². The number of likely N-dealkylation sites (tertiary alicyclic amines) is 1. The van der Waals surface area contributed by atoms with Crippen molar-refractivity contribution in [2.24, 2.45) is 0 Å². The van der Waals surface area contributed by atoms with Crippen molar-refractivity contribution in [1.29, 1.82) is 0 Å². The number of ether oxygens (including phenoxy) is 2. The maximum Gasteiger partial charge on any atom is 0.337 e. The number of rotatable bonds is 8. The van der Waals surface area contributed by atoms with E-state index in [1.54, 1.807) is 23.5 Å². The Morgan fingerprint density at radius 3 is 2.64 bits per heavy atom. The van der Waals surface area contributed by atoms with Crippen LogP contribution in [0.25, 0.3) is 10.2 Å². The fourth-order valence-corrected chi connectivity index (χ4v) is 5.79. The summed E-state index contributed by atoms with van der Waals surface area (Å²) in [6.45, 7) is 8.46. The summed E-state index contributed by atoms with van der Waals surface area (Å²) >= 11 is 1.56. The van der Waals surface area contributed by atoms with E-state index >= 15 is 0 Å². The molecule has 1 fully saturated rings. The summed E-state index contributed by atoms with van der Waals surface area (Å²) in [6, 6.07) is 13.5. The molecule has 1 saturated heterocycles. The van der Waals surface area contributed by atoms with Crippen LogP contribution in [-0.4, -0.2) is 54.2 Å². The molecule has 1 aliphatic heterocycles. The highest BCUT2D eigenvalue weighted by Crippen LogP contribution is 2.38. The molecule has 0 atom stereocenters. The molecule has 39 heavy (non-hydrogen) atoms. The van der Waals surface area contributed by atoms with Crippen LogP contribution in [0.3, 0.4) is 0 Å². The second-order valence-electron chi connectivity index (χ2n) is 10.3. The molecule has 3 heterocycles. The SMILES string of the molecule is COC(=O)c1cccc(Nc2nc(Nc3cc(C)c(C4CCN(C)CC4)cc3OC(C)C)nc3ccsc23)c1. The molecule has 5 rings (SSSR count). The molecule has 0 aliphatic carbocycles. The Bertz CT molecular complexity index is 1480. The van der Waals surface area contributed by atoms with Gasteiger partial charge in [0.25, 0.3) is 0 Å². The lowest BCUT2D eigenvalue weighted by molar-refractivity contribution is 0.0600. The molecular weight excluding hydrogens is 510 g/mol. The number of anilines is 4. The van der Waals surface area contributed by atoms with Crippen LogP contribution < -0.4 is 15.4 Å². The first-order chi connectivity index (χ1) is 18.8. The number of piperidine rings is 1. The highest BCUT2D eigenvalue weighted by Gasteiger charge is 2.22. The van der Waals surface area contributed by atoms with E-state index in [9.17, 15) is 4.79 Å². The third-order valence-electron chi connectivity index (χ3n) is 6.99. The molecule has 2 aromatic carbocycles. The topological polar surface area (TPSA) is 88.6 Å². The monoisotopic (exact) mass is 545 g/mol. The van der Waals surface area contributed by atoms with Crippen molar-refractivity contribution in [3.63, 3.8) is 0 Å². The smallest absolute Gasteiger partial charge is 0.337 e. The lowest BCUT2D eigenvalue weighted by Crippen LogP contribution is -2.29. The molecule has 0 radical (unpaired) electrons. The molecular formula is C30H35N5O3S.